The van der Waals surface area contributed by atoms with Crippen molar-refractivity contribution in [1.82, 2.24) is 19.8 Å². The predicted octanol–water partition coefficient (Wildman–Crippen LogP) is 2.97. The minimum atomic E-state index is -1.02. The number of para-hydroxylation sites is 2. The van der Waals surface area contributed by atoms with E-state index in [0.29, 0.717) is 18.0 Å². The number of nitrogens with one attached hydrogen (secondary N) is 2. The van der Waals surface area contributed by atoms with Gasteiger partial charge in [0.05, 0.1) is 25.2 Å². The van der Waals surface area contributed by atoms with Gasteiger partial charge in [-0.25, -0.2) is 4.98 Å². The van der Waals surface area contributed by atoms with Gasteiger partial charge in [0.1, 0.15) is 17.0 Å². The molecule has 1 aromatic heterocycles. The first-order chi connectivity index (χ1) is 16.4. The fourth-order valence-corrected chi connectivity index (χ4v) is 5.17. The molecule has 1 unspecified atom stereocenters. The topological polar surface area (TPSA) is 106 Å². The second kappa shape index (κ2) is 8.77. The zero-order chi connectivity index (χ0) is 23.9. The summed E-state index contributed by atoms with van der Waals surface area (Å²) in [6.07, 6.45) is 7.38. The predicted molar refractivity (Wildman–Crippen MR) is 126 cm³/mol. The highest BCUT2D eigenvalue weighted by molar-refractivity contribution is 6.12. The molecule has 2 saturated carbocycles. The molecule has 9 nitrogen and oxygen atoms in total. The molecular weight excluding hydrogens is 434 g/mol. The van der Waals surface area contributed by atoms with E-state index in [-0.39, 0.29) is 41.8 Å². The van der Waals surface area contributed by atoms with Gasteiger partial charge in [0, 0.05) is 12.1 Å². The fourth-order valence-electron chi connectivity index (χ4n) is 5.17. The summed E-state index contributed by atoms with van der Waals surface area (Å²) in [5.41, 5.74) is -0.229. The van der Waals surface area contributed by atoms with Crippen LogP contribution >= 0.6 is 0 Å². The van der Waals surface area contributed by atoms with E-state index in [4.69, 9.17) is 4.74 Å². The Bertz CT molecular complexity index is 1120. The van der Waals surface area contributed by atoms with Gasteiger partial charge < -0.3 is 24.8 Å². The van der Waals surface area contributed by atoms with Crippen LogP contribution in [0.15, 0.2) is 30.6 Å². The van der Waals surface area contributed by atoms with Crippen molar-refractivity contribution in [2.75, 3.05) is 11.9 Å². The molecule has 0 spiro atoms. The molecule has 1 atom stereocenters. The van der Waals surface area contributed by atoms with Crippen LogP contribution in [-0.4, -0.2) is 56.4 Å². The second-order valence-electron chi connectivity index (χ2n) is 9.59. The molecule has 9 heteroatoms. The number of benzene rings is 1. The summed E-state index contributed by atoms with van der Waals surface area (Å²) in [7, 11) is 0. The summed E-state index contributed by atoms with van der Waals surface area (Å²) in [4.78, 5) is 46.3. The molecule has 2 heterocycles. The van der Waals surface area contributed by atoms with Crippen molar-refractivity contribution in [3.05, 3.63) is 42.0 Å². The average molecular weight is 466 g/mol. The zero-order valence-corrected chi connectivity index (χ0v) is 19.7. The third-order valence-electron chi connectivity index (χ3n) is 7.01. The van der Waals surface area contributed by atoms with Crippen molar-refractivity contribution in [3.63, 3.8) is 0 Å². The molecule has 2 fully saturated rings. The minimum Gasteiger partial charge on any atom is -0.492 e. The summed E-state index contributed by atoms with van der Waals surface area (Å²) < 4.78 is 7.25. The maximum atomic E-state index is 13.7. The van der Waals surface area contributed by atoms with Crippen LogP contribution in [-0.2, 0) is 11.3 Å². The molecule has 180 valence electrons. The molecule has 2 aliphatic carbocycles. The number of aromatic nitrogens is 2. The van der Waals surface area contributed by atoms with Crippen LogP contribution in [0.4, 0.5) is 5.69 Å². The van der Waals surface area contributed by atoms with Crippen molar-refractivity contribution in [2.24, 2.45) is 0 Å². The van der Waals surface area contributed by atoms with Gasteiger partial charge in [-0.3, -0.25) is 14.4 Å². The molecular formula is C25H31N5O4. The van der Waals surface area contributed by atoms with Gasteiger partial charge in [0.15, 0.2) is 5.69 Å². The highest BCUT2D eigenvalue weighted by Crippen LogP contribution is 2.39. The summed E-state index contributed by atoms with van der Waals surface area (Å²) in [6.45, 7) is 4.42. The van der Waals surface area contributed by atoms with E-state index in [0.717, 1.165) is 38.5 Å². The largest absolute Gasteiger partial charge is 0.492 e. The van der Waals surface area contributed by atoms with Crippen molar-refractivity contribution < 1.29 is 19.1 Å². The van der Waals surface area contributed by atoms with Crippen LogP contribution in [0.1, 0.15) is 73.3 Å². The molecule has 34 heavy (non-hydrogen) atoms. The molecule has 1 aromatic carbocycles. The SMILES string of the molecule is CCOc1ccccc1NC(=O)c1ncn2c1C(=O)N(C1CC1)C(C)(C(=O)NC1CCCC1)C2. The standard InChI is InChI=1S/C25H31N5O4/c1-3-34-19-11-7-6-10-18(19)28-22(31)20-21-23(32)30(17-12-13-17)25(2,14-29(21)15-26-20)24(33)27-16-8-4-5-9-16/h6-7,10-11,15-17H,3-5,8-9,12-14H2,1-2H3,(H,27,33)(H,28,31). The van der Waals surface area contributed by atoms with Crippen molar-refractivity contribution in [2.45, 2.75) is 76.5 Å². The van der Waals surface area contributed by atoms with Crippen LogP contribution in [0.3, 0.4) is 0 Å². The van der Waals surface area contributed by atoms with E-state index in [9.17, 15) is 14.4 Å². The molecule has 0 radical (unpaired) electrons. The zero-order valence-electron chi connectivity index (χ0n) is 19.7. The summed E-state index contributed by atoms with van der Waals surface area (Å²) in [5.74, 6) is -0.383. The van der Waals surface area contributed by atoms with Crippen LogP contribution in [0.25, 0.3) is 0 Å². The molecule has 3 amide bonds. The molecule has 2 N–H and O–H groups in total. The van der Waals surface area contributed by atoms with Crippen molar-refractivity contribution in [3.8, 4) is 5.75 Å². The number of hydrogen-bond donors (Lipinski definition) is 2. The number of amides is 3. The van der Waals surface area contributed by atoms with E-state index >= 15 is 0 Å². The highest BCUT2D eigenvalue weighted by atomic mass is 16.5. The van der Waals surface area contributed by atoms with Crippen LogP contribution < -0.4 is 15.4 Å². The molecule has 0 saturated heterocycles. The van der Waals surface area contributed by atoms with E-state index in [1.165, 1.54) is 6.33 Å². The van der Waals surface area contributed by atoms with Gasteiger partial charge in [0.25, 0.3) is 11.8 Å². The quantitative estimate of drug-likeness (QED) is 0.654. The number of rotatable bonds is 7. The second-order valence-corrected chi connectivity index (χ2v) is 9.59. The number of imidazole rings is 1. The van der Waals surface area contributed by atoms with Gasteiger partial charge >= 0.3 is 0 Å². The van der Waals surface area contributed by atoms with Crippen molar-refractivity contribution in [1.29, 1.82) is 0 Å². The molecule has 3 aliphatic rings. The van der Waals surface area contributed by atoms with Gasteiger partial charge in [0.2, 0.25) is 5.91 Å². The highest BCUT2D eigenvalue weighted by Gasteiger charge is 2.54. The maximum Gasteiger partial charge on any atom is 0.276 e. The first-order valence-corrected chi connectivity index (χ1v) is 12.2. The molecule has 5 rings (SSSR count). The first-order valence-electron chi connectivity index (χ1n) is 12.2. The normalized spacial score (nSPS) is 22.4. The lowest BCUT2D eigenvalue weighted by molar-refractivity contribution is -0.134. The lowest BCUT2D eigenvalue weighted by Crippen LogP contribution is -2.65. The van der Waals surface area contributed by atoms with Gasteiger partial charge in [-0.05, 0) is 51.7 Å². The van der Waals surface area contributed by atoms with Gasteiger partial charge in [-0.2, -0.15) is 0 Å². The first kappa shape index (κ1) is 22.4. The third-order valence-corrected chi connectivity index (χ3v) is 7.01. The van der Waals surface area contributed by atoms with Gasteiger partial charge in [-0.1, -0.05) is 25.0 Å². The number of ether oxygens (including phenoxy) is 1. The maximum absolute atomic E-state index is 13.7. The minimum absolute atomic E-state index is 0.00469. The monoisotopic (exact) mass is 465 g/mol. The Morgan fingerprint density at radius 3 is 2.62 bits per heavy atom. The average Bonchev–Trinajstić information content (AvgIpc) is 3.32. The van der Waals surface area contributed by atoms with Crippen LogP contribution in [0.5, 0.6) is 5.75 Å². The number of hydrogen-bond acceptors (Lipinski definition) is 5. The fraction of sp³-hybridized carbons (Fsp3) is 0.520. The van der Waals surface area contributed by atoms with Crippen LogP contribution in [0, 0.1) is 0 Å². The number of carbonyl (C=O) groups excluding carboxylic acids is 3. The summed E-state index contributed by atoms with van der Waals surface area (Å²) in [5, 5.41) is 6.00. The Kier molecular flexibility index (Phi) is 5.79. The van der Waals surface area contributed by atoms with E-state index in [2.05, 4.69) is 15.6 Å². The Labute approximate surface area is 198 Å². The van der Waals surface area contributed by atoms with Crippen molar-refractivity contribution >= 4 is 23.4 Å². The number of anilines is 1. The van der Waals surface area contributed by atoms with Crippen LogP contribution in [0.2, 0.25) is 0 Å². The summed E-state index contributed by atoms with van der Waals surface area (Å²) in [6, 6.07) is 7.31. The Morgan fingerprint density at radius 2 is 1.91 bits per heavy atom. The Balaban J connectivity index is 1.43. The van der Waals surface area contributed by atoms with E-state index in [1.54, 1.807) is 27.7 Å². The number of carbonyl (C=O) groups is 3. The Morgan fingerprint density at radius 1 is 1.18 bits per heavy atom. The number of nitrogens with zero attached hydrogens (tertiary/aromatic N) is 3. The molecule has 2 aromatic rings. The third kappa shape index (κ3) is 3.93. The smallest absolute Gasteiger partial charge is 0.276 e. The van der Waals surface area contributed by atoms with E-state index < -0.39 is 11.4 Å². The van der Waals surface area contributed by atoms with E-state index in [1.807, 2.05) is 19.9 Å². The lowest BCUT2D eigenvalue weighted by Gasteiger charge is -2.44. The lowest BCUT2D eigenvalue weighted by atomic mass is 9.93. The molecule has 0 bridgehead atoms. The summed E-state index contributed by atoms with van der Waals surface area (Å²) >= 11 is 0. The molecule has 1 aliphatic heterocycles. The number of fused-ring (bicyclic) bond motifs is 1. The van der Waals surface area contributed by atoms with Gasteiger partial charge in [-0.15, -0.1) is 0 Å². The Hall–Kier alpha value is -3.36.